The Morgan fingerprint density at radius 3 is 2.36 bits per heavy atom. The van der Waals surface area contributed by atoms with E-state index in [2.05, 4.69) is 4.72 Å². The summed E-state index contributed by atoms with van der Waals surface area (Å²) in [4.78, 5) is 0.177. The van der Waals surface area contributed by atoms with E-state index in [-0.39, 0.29) is 11.4 Å². The van der Waals surface area contributed by atoms with Gasteiger partial charge in [-0.05, 0) is 48.9 Å². The summed E-state index contributed by atoms with van der Waals surface area (Å²) in [6.07, 6.45) is -0.424. The van der Waals surface area contributed by atoms with Crippen molar-refractivity contribution in [3.8, 4) is 11.5 Å². The third kappa shape index (κ3) is 5.19. The first-order valence-corrected chi connectivity index (χ1v) is 9.37. The molecule has 0 fully saturated rings. The number of methoxy groups -OCH3 is 2. The second-order valence-corrected chi connectivity index (χ2v) is 7.02. The first-order valence-electron chi connectivity index (χ1n) is 7.89. The van der Waals surface area contributed by atoms with Crippen molar-refractivity contribution < 1.29 is 22.6 Å². The zero-order valence-electron chi connectivity index (χ0n) is 14.6. The number of nitrogens with one attached hydrogen (secondary N) is 1. The van der Waals surface area contributed by atoms with Crippen LogP contribution in [-0.2, 0) is 14.8 Å². The normalized spacial score (nSPS) is 12.6. The molecule has 0 bridgehead atoms. The number of rotatable bonds is 9. The van der Waals surface area contributed by atoms with Crippen LogP contribution >= 0.6 is 0 Å². The van der Waals surface area contributed by atoms with Crippen LogP contribution in [0.2, 0.25) is 0 Å². The number of ether oxygens (including phenoxy) is 3. The summed E-state index contributed by atoms with van der Waals surface area (Å²) in [6.45, 7) is 2.51. The average Bonchev–Trinajstić information content (AvgIpc) is 2.63. The Hall–Kier alpha value is -2.09. The molecule has 2 rings (SSSR count). The van der Waals surface area contributed by atoms with Crippen molar-refractivity contribution in [2.45, 2.75) is 17.9 Å². The molecule has 7 heteroatoms. The van der Waals surface area contributed by atoms with E-state index in [4.69, 9.17) is 14.2 Å². The zero-order chi connectivity index (χ0) is 18.3. The Kier molecular flexibility index (Phi) is 6.81. The monoisotopic (exact) mass is 365 g/mol. The molecular weight excluding hydrogens is 342 g/mol. The highest BCUT2D eigenvalue weighted by molar-refractivity contribution is 7.89. The molecule has 0 aliphatic carbocycles. The summed E-state index contributed by atoms with van der Waals surface area (Å²) in [5, 5.41) is 0. The number of benzene rings is 2. The topological polar surface area (TPSA) is 73.9 Å². The molecule has 0 spiro atoms. The van der Waals surface area contributed by atoms with Gasteiger partial charge in [0.05, 0.1) is 24.7 Å². The van der Waals surface area contributed by atoms with Crippen LogP contribution in [0.25, 0.3) is 0 Å². The maximum Gasteiger partial charge on any atom is 0.240 e. The van der Waals surface area contributed by atoms with Crippen LogP contribution in [0.1, 0.15) is 18.6 Å². The van der Waals surface area contributed by atoms with Gasteiger partial charge in [-0.2, -0.15) is 0 Å². The standard InChI is InChI=1S/C18H23NO5S/c1-4-24-15-8-10-17(11-9-15)25(20,21)19-13-18(23-3)14-6-5-7-16(12-14)22-2/h5-12,18-19H,4,13H2,1-3H3. The van der Waals surface area contributed by atoms with Crippen molar-refractivity contribution in [1.82, 2.24) is 4.72 Å². The Morgan fingerprint density at radius 1 is 1.04 bits per heavy atom. The van der Waals surface area contributed by atoms with Crippen molar-refractivity contribution in [1.29, 1.82) is 0 Å². The molecule has 0 amide bonds. The molecule has 0 aliphatic rings. The highest BCUT2D eigenvalue weighted by Gasteiger charge is 2.18. The van der Waals surface area contributed by atoms with E-state index in [0.717, 1.165) is 5.56 Å². The lowest BCUT2D eigenvalue weighted by Gasteiger charge is -2.17. The number of hydrogen-bond donors (Lipinski definition) is 1. The molecule has 0 heterocycles. The van der Waals surface area contributed by atoms with Gasteiger partial charge in [0.15, 0.2) is 0 Å². The molecular formula is C18H23NO5S. The quantitative estimate of drug-likeness (QED) is 0.740. The average molecular weight is 365 g/mol. The minimum absolute atomic E-state index is 0.110. The van der Waals surface area contributed by atoms with Crippen molar-refractivity contribution in [3.05, 3.63) is 54.1 Å². The molecule has 1 unspecified atom stereocenters. The van der Waals surface area contributed by atoms with Crippen molar-refractivity contribution in [2.75, 3.05) is 27.4 Å². The SMILES string of the molecule is CCOc1ccc(S(=O)(=O)NCC(OC)c2cccc(OC)c2)cc1. The predicted octanol–water partition coefficient (Wildman–Crippen LogP) is 2.76. The van der Waals surface area contributed by atoms with E-state index in [9.17, 15) is 8.42 Å². The molecule has 2 aromatic rings. The van der Waals surface area contributed by atoms with E-state index in [1.165, 1.54) is 19.2 Å². The van der Waals surface area contributed by atoms with Gasteiger partial charge in [-0.25, -0.2) is 13.1 Å². The Morgan fingerprint density at radius 2 is 1.76 bits per heavy atom. The van der Waals surface area contributed by atoms with Crippen molar-refractivity contribution in [2.24, 2.45) is 0 Å². The summed E-state index contributed by atoms with van der Waals surface area (Å²) in [5.74, 6) is 1.32. The van der Waals surface area contributed by atoms with E-state index in [1.807, 2.05) is 31.2 Å². The molecule has 0 radical (unpaired) electrons. The molecule has 0 saturated carbocycles. The molecule has 1 N–H and O–H groups in total. The van der Waals surface area contributed by atoms with E-state index in [0.29, 0.717) is 18.1 Å². The minimum Gasteiger partial charge on any atom is -0.497 e. The lowest BCUT2D eigenvalue weighted by Crippen LogP contribution is -2.29. The first-order chi connectivity index (χ1) is 12.0. The second kappa shape index (κ2) is 8.84. The van der Waals surface area contributed by atoms with Gasteiger partial charge in [-0.3, -0.25) is 0 Å². The zero-order valence-corrected chi connectivity index (χ0v) is 15.4. The summed E-state index contributed by atoms with van der Waals surface area (Å²) >= 11 is 0. The fourth-order valence-electron chi connectivity index (χ4n) is 2.33. The Bertz CT molecular complexity index is 774. The van der Waals surface area contributed by atoms with Crippen LogP contribution in [-0.4, -0.2) is 35.8 Å². The maximum atomic E-state index is 12.4. The van der Waals surface area contributed by atoms with Crippen LogP contribution in [0.4, 0.5) is 0 Å². The number of hydrogen-bond acceptors (Lipinski definition) is 5. The van der Waals surface area contributed by atoms with Crippen LogP contribution in [0.15, 0.2) is 53.4 Å². The van der Waals surface area contributed by atoms with Gasteiger partial charge >= 0.3 is 0 Å². The van der Waals surface area contributed by atoms with Gasteiger partial charge in [0.1, 0.15) is 11.5 Å². The molecule has 6 nitrogen and oxygen atoms in total. The van der Waals surface area contributed by atoms with Gasteiger partial charge < -0.3 is 14.2 Å². The highest BCUT2D eigenvalue weighted by atomic mass is 32.2. The fourth-order valence-corrected chi connectivity index (χ4v) is 3.36. The smallest absolute Gasteiger partial charge is 0.240 e. The second-order valence-electron chi connectivity index (χ2n) is 5.26. The molecule has 1 atom stereocenters. The largest absolute Gasteiger partial charge is 0.497 e. The molecule has 2 aromatic carbocycles. The van der Waals surface area contributed by atoms with Crippen LogP contribution in [0, 0.1) is 0 Å². The van der Waals surface area contributed by atoms with Crippen molar-refractivity contribution >= 4 is 10.0 Å². The lowest BCUT2D eigenvalue weighted by atomic mass is 10.1. The van der Waals surface area contributed by atoms with Gasteiger partial charge in [0.2, 0.25) is 10.0 Å². The minimum atomic E-state index is -3.64. The lowest BCUT2D eigenvalue weighted by molar-refractivity contribution is 0.107. The maximum absolute atomic E-state index is 12.4. The summed E-state index contributed by atoms with van der Waals surface area (Å²) < 4.78 is 43.4. The molecule has 0 aromatic heterocycles. The third-order valence-corrected chi connectivity index (χ3v) is 5.09. The molecule has 0 aliphatic heterocycles. The van der Waals surface area contributed by atoms with Crippen molar-refractivity contribution in [3.63, 3.8) is 0 Å². The van der Waals surface area contributed by atoms with E-state index in [1.54, 1.807) is 19.2 Å². The van der Waals surface area contributed by atoms with Gasteiger partial charge in [-0.1, -0.05) is 12.1 Å². The van der Waals surface area contributed by atoms with E-state index < -0.39 is 16.1 Å². The Balaban J connectivity index is 2.08. The molecule has 136 valence electrons. The Labute approximate surface area is 148 Å². The number of sulfonamides is 1. The van der Waals surface area contributed by atoms with Gasteiger partial charge in [0.25, 0.3) is 0 Å². The first kappa shape index (κ1) is 19.2. The summed E-state index contributed by atoms with van der Waals surface area (Å²) in [5.41, 5.74) is 0.830. The highest BCUT2D eigenvalue weighted by Crippen LogP contribution is 2.22. The van der Waals surface area contributed by atoms with E-state index >= 15 is 0 Å². The van der Waals surface area contributed by atoms with Crippen LogP contribution in [0.5, 0.6) is 11.5 Å². The van der Waals surface area contributed by atoms with Crippen LogP contribution in [0.3, 0.4) is 0 Å². The fraction of sp³-hybridized carbons (Fsp3) is 0.333. The molecule has 0 saturated heterocycles. The van der Waals surface area contributed by atoms with Gasteiger partial charge in [0, 0.05) is 13.7 Å². The summed E-state index contributed by atoms with van der Waals surface area (Å²) in [6, 6.07) is 13.6. The predicted molar refractivity (Wildman–Crippen MR) is 95.5 cm³/mol. The summed E-state index contributed by atoms with van der Waals surface area (Å²) in [7, 11) is -0.522. The molecule has 25 heavy (non-hydrogen) atoms. The van der Waals surface area contributed by atoms with Gasteiger partial charge in [-0.15, -0.1) is 0 Å². The van der Waals surface area contributed by atoms with Crippen LogP contribution < -0.4 is 14.2 Å². The third-order valence-electron chi connectivity index (χ3n) is 3.65.